The van der Waals surface area contributed by atoms with E-state index in [4.69, 9.17) is 4.74 Å². The van der Waals surface area contributed by atoms with Gasteiger partial charge >= 0.3 is 0 Å². The largest absolute Gasteiger partial charge is 0.394 e. The van der Waals surface area contributed by atoms with Crippen molar-refractivity contribution in [3.8, 4) is 0 Å². The molecule has 1 aliphatic heterocycles. The molecular formula is C36H58O7. The highest BCUT2D eigenvalue weighted by Crippen LogP contribution is 2.76. The molecule has 6 aliphatic rings. The minimum atomic E-state index is -1.50. The summed E-state index contributed by atoms with van der Waals surface area (Å²) in [5, 5.41) is 54.3. The number of rotatable bonds is 3. The van der Waals surface area contributed by atoms with Gasteiger partial charge in [0.05, 0.1) is 12.7 Å². The van der Waals surface area contributed by atoms with Crippen molar-refractivity contribution in [2.24, 2.45) is 56.7 Å². The van der Waals surface area contributed by atoms with Crippen LogP contribution < -0.4 is 0 Å². The molecule has 15 atom stereocenters. The van der Waals surface area contributed by atoms with Crippen molar-refractivity contribution in [1.82, 2.24) is 0 Å². The number of carbonyl (C=O) groups excluding carboxylic acids is 1. The Kier molecular flexibility index (Phi) is 7.72. The molecule has 244 valence electrons. The van der Waals surface area contributed by atoms with Crippen LogP contribution in [-0.4, -0.2) is 74.5 Å². The molecule has 7 heteroatoms. The first kappa shape index (κ1) is 32.1. The summed E-state index contributed by atoms with van der Waals surface area (Å²) in [5.41, 5.74) is 0.765. The maximum Gasteiger partial charge on any atom is 0.138 e. The second-order valence-corrected chi connectivity index (χ2v) is 17.3. The molecule has 6 unspecified atom stereocenters. The van der Waals surface area contributed by atoms with Crippen LogP contribution in [0.4, 0.5) is 0 Å². The van der Waals surface area contributed by atoms with Gasteiger partial charge in [-0.3, -0.25) is 4.79 Å². The third-order valence-corrected chi connectivity index (χ3v) is 15.6. The van der Waals surface area contributed by atoms with Crippen LogP contribution in [0.2, 0.25) is 0 Å². The Morgan fingerprint density at radius 2 is 1.60 bits per heavy atom. The second-order valence-electron chi connectivity index (χ2n) is 17.3. The molecule has 0 radical (unpaired) electrons. The van der Waals surface area contributed by atoms with Gasteiger partial charge in [-0.25, -0.2) is 0 Å². The summed E-state index contributed by atoms with van der Waals surface area (Å²) in [7, 11) is 0. The quantitative estimate of drug-likeness (QED) is 0.303. The van der Waals surface area contributed by atoms with Gasteiger partial charge in [-0.05, 0) is 97.2 Å². The Hall–Kier alpha value is -0.830. The van der Waals surface area contributed by atoms with Crippen LogP contribution in [0.25, 0.3) is 0 Å². The minimum Gasteiger partial charge on any atom is -0.394 e. The molecule has 0 amide bonds. The highest BCUT2D eigenvalue weighted by molar-refractivity contribution is 5.85. The van der Waals surface area contributed by atoms with E-state index in [0.717, 1.165) is 51.4 Å². The number of ketones is 1. The molecule has 4 saturated carbocycles. The number of ether oxygens (including phenoxy) is 1. The molecule has 7 nitrogen and oxygen atoms in total. The van der Waals surface area contributed by atoms with Crippen LogP contribution >= 0.6 is 0 Å². The zero-order valence-electron chi connectivity index (χ0n) is 27.6. The lowest BCUT2D eigenvalue weighted by atomic mass is 9.33. The fourth-order valence-corrected chi connectivity index (χ4v) is 12.6. The van der Waals surface area contributed by atoms with Gasteiger partial charge in [-0.15, -0.1) is 0 Å². The summed E-state index contributed by atoms with van der Waals surface area (Å²) in [6.07, 6.45) is 3.30. The van der Waals surface area contributed by atoms with Crippen LogP contribution in [-0.2, 0) is 9.53 Å². The predicted molar refractivity (Wildman–Crippen MR) is 164 cm³/mol. The van der Waals surface area contributed by atoms with E-state index >= 15 is 0 Å². The molecule has 5 fully saturated rings. The van der Waals surface area contributed by atoms with Crippen LogP contribution in [0.1, 0.15) is 106 Å². The highest BCUT2D eigenvalue weighted by Gasteiger charge is 2.70. The average molecular weight is 603 g/mol. The topological polar surface area (TPSA) is 127 Å². The lowest BCUT2D eigenvalue weighted by Gasteiger charge is -2.71. The summed E-state index contributed by atoms with van der Waals surface area (Å²) in [6.45, 7) is 16.0. The number of aliphatic hydroxyl groups is 5. The van der Waals surface area contributed by atoms with Gasteiger partial charge in [0.25, 0.3) is 0 Å². The number of fused-ring (bicyclic) bond motifs is 7. The zero-order chi connectivity index (χ0) is 31.5. The number of Topliss-reactive ketones (excluding diaryl/α,β-unsaturated/α-hetero) is 1. The van der Waals surface area contributed by atoms with Gasteiger partial charge < -0.3 is 30.3 Å². The molecule has 0 aromatic heterocycles. The minimum absolute atomic E-state index is 0.0515. The Bertz CT molecular complexity index is 1150. The van der Waals surface area contributed by atoms with E-state index in [2.05, 4.69) is 54.5 Å². The maximum absolute atomic E-state index is 13.1. The monoisotopic (exact) mass is 602 g/mol. The molecule has 1 saturated heterocycles. The number of carbonyl (C=O) groups is 1. The Morgan fingerprint density at radius 3 is 2.28 bits per heavy atom. The van der Waals surface area contributed by atoms with E-state index in [-0.39, 0.29) is 27.6 Å². The number of hydrogen-bond donors (Lipinski definition) is 5. The lowest BCUT2D eigenvalue weighted by Crippen LogP contribution is -2.68. The Labute approximate surface area is 258 Å². The van der Waals surface area contributed by atoms with Gasteiger partial charge in [0.2, 0.25) is 0 Å². The van der Waals surface area contributed by atoms with Crippen molar-refractivity contribution in [3.63, 3.8) is 0 Å². The Morgan fingerprint density at radius 1 is 0.907 bits per heavy atom. The van der Waals surface area contributed by atoms with Crippen LogP contribution in [0.15, 0.2) is 11.6 Å². The van der Waals surface area contributed by atoms with Crippen LogP contribution in [0.5, 0.6) is 0 Å². The van der Waals surface area contributed by atoms with Gasteiger partial charge in [-0.1, -0.05) is 60.1 Å². The maximum atomic E-state index is 13.1. The summed E-state index contributed by atoms with van der Waals surface area (Å²) in [4.78, 5) is 13.1. The smallest absolute Gasteiger partial charge is 0.138 e. The molecule has 0 spiro atoms. The van der Waals surface area contributed by atoms with Gasteiger partial charge in [-0.2, -0.15) is 0 Å². The third-order valence-electron chi connectivity index (χ3n) is 15.6. The van der Waals surface area contributed by atoms with Crippen LogP contribution in [0, 0.1) is 56.7 Å². The Balaban J connectivity index is 1.41. The molecule has 6 rings (SSSR count). The van der Waals surface area contributed by atoms with E-state index in [0.29, 0.717) is 35.9 Å². The van der Waals surface area contributed by atoms with Crippen molar-refractivity contribution in [2.45, 2.75) is 143 Å². The summed E-state index contributed by atoms with van der Waals surface area (Å²) in [5.74, 6) is 2.20. The van der Waals surface area contributed by atoms with E-state index < -0.39 is 48.6 Å². The van der Waals surface area contributed by atoms with Crippen LogP contribution in [0.3, 0.4) is 0 Å². The fourth-order valence-electron chi connectivity index (χ4n) is 12.6. The summed E-state index contributed by atoms with van der Waals surface area (Å²) >= 11 is 0. The van der Waals surface area contributed by atoms with Crippen molar-refractivity contribution in [3.05, 3.63) is 11.6 Å². The van der Waals surface area contributed by atoms with Crippen molar-refractivity contribution in [2.75, 3.05) is 6.61 Å². The van der Waals surface area contributed by atoms with E-state index in [1.54, 1.807) is 0 Å². The first-order valence-electron chi connectivity index (χ1n) is 17.2. The molecule has 0 bridgehead atoms. The number of aliphatic hydroxyl groups excluding tert-OH is 5. The first-order valence-corrected chi connectivity index (χ1v) is 17.2. The van der Waals surface area contributed by atoms with Crippen molar-refractivity contribution < 1.29 is 35.1 Å². The molecule has 5 N–H and O–H groups in total. The van der Waals surface area contributed by atoms with Crippen molar-refractivity contribution >= 4 is 5.78 Å². The lowest BCUT2D eigenvalue weighted by molar-refractivity contribution is -0.273. The normalized spacial score (nSPS) is 55.3. The number of hydrogen-bond acceptors (Lipinski definition) is 7. The summed E-state index contributed by atoms with van der Waals surface area (Å²) in [6, 6.07) is 0. The summed E-state index contributed by atoms with van der Waals surface area (Å²) < 4.78 is 6.01. The van der Waals surface area contributed by atoms with Crippen molar-refractivity contribution in [1.29, 1.82) is 0 Å². The predicted octanol–water partition coefficient (Wildman–Crippen LogP) is 4.42. The number of allylic oxidation sites excluding steroid dienone is 2. The molecule has 5 aliphatic carbocycles. The third kappa shape index (κ3) is 4.10. The van der Waals surface area contributed by atoms with Gasteiger partial charge in [0.1, 0.15) is 36.3 Å². The average Bonchev–Trinajstić information content (AvgIpc) is 2.96. The SMILES string of the molecule is C[C@@H]1CC[C@]2(C(O)[C@@H]3OC(CO)[C@@H](O)[C@H](O)C3O)CC[C@]3(C)C(=CCC4[C@@]5(C)CCC(=O)C(C)(C)C5CC[C@]43C)C2[C@H]1C. The van der Waals surface area contributed by atoms with Gasteiger partial charge in [0, 0.05) is 17.3 Å². The standard InChI is InChI=1S/C36H58O7/c1-19-10-15-36(31(42)30-29(41)28(40)27(39)22(18-37)43-30)17-16-34(6)21(26(36)20(19)2)8-9-24-33(5)13-12-25(38)32(3,4)23(33)11-14-35(24,34)7/h8,19-20,22-24,26-31,37,39-42H,9-18H2,1-7H3/t19-,20+,22?,23?,24?,26?,27-,28+,29?,30-,31?,33+,34-,35-,36+/m1/s1. The molecule has 0 aromatic rings. The first-order chi connectivity index (χ1) is 20.0. The van der Waals surface area contributed by atoms with E-state index in [9.17, 15) is 30.3 Å². The zero-order valence-corrected chi connectivity index (χ0v) is 27.6. The molecular weight excluding hydrogens is 544 g/mol. The highest BCUT2D eigenvalue weighted by atomic mass is 16.6. The van der Waals surface area contributed by atoms with Gasteiger partial charge in [0.15, 0.2) is 0 Å². The molecule has 0 aromatic carbocycles. The second kappa shape index (κ2) is 10.3. The van der Waals surface area contributed by atoms with E-state index in [1.165, 1.54) is 5.57 Å². The molecule has 43 heavy (non-hydrogen) atoms. The van der Waals surface area contributed by atoms with E-state index in [1.807, 2.05) is 0 Å². The fraction of sp³-hybridized carbons (Fsp3) is 0.917. The molecule has 1 heterocycles.